The smallest absolute Gasteiger partial charge is 0.317 e. The van der Waals surface area contributed by atoms with Crippen molar-refractivity contribution >= 4 is 11.9 Å². The summed E-state index contributed by atoms with van der Waals surface area (Å²) in [5.41, 5.74) is 0.183. The summed E-state index contributed by atoms with van der Waals surface area (Å²) in [7, 11) is 1.50. The molecule has 0 spiro atoms. The molecule has 1 aromatic carbocycles. The summed E-state index contributed by atoms with van der Waals surface area (Å²) in [6.45, 7) is 0.882. The van der Waals surface area contributed by atoms with Gasteiger partial charge in [0, 0.05) is 18.6 Å². The van der Waals surface area contributed by atoms with Crippen LogP contribution in [-0.4, -0.2) is 59.3 Å². The Labute approximate surface area is 146 Å². The van der Waals surface area contributed by atoms with E-state index >= 15 is 0 Å². The third kappa shape index (κ3) is 4.42. The van der Waals surface area contributed by atoms with E-state index in [2.05, 4.69) is 5.32 Å². The van der Waals surface area contributed by atoms with Gasteiger partial charge in [-0.25, -0.2) is 0 Å². The molecule has 0 aromatic heterocycles. The highest BCUT2D eigenvalue weighted by Gasteiger charge is 2.38. The van der Waals surface area contributed by atoms with Crippen molar-refractivity contribution in [2.75, 3.05) is 20.2 Å². The Morgan fingerprint density at radius 2 is 2.04 bits per heavy atom. The van der Waals surface area contributed by atoms with Gasteiger partial charge in [0.25, 0.3) is 5.91 Å². The van der Waals surface area contributed by atoms with Crippen LogP contribution in [0.3, 0.4) is 0 Å². The third-order valence-corrected chi connectivity index (χ3v) is 4.94. The molecule has 2 fully saturated rings. The maximum Gasteiger partial charge on any atom is 0.317 e. The zero-order valence-corrected chi connectivity index (χ0v) is 14.3. The Morgan fingerprint density at radius 1 is 1.32 bits per heavy atom. The van der Waals surface area contributed by atoms with E-state index in [1.165, 1.54) is 32.1 Å². The molecule has 7 nitrogen and oxygen atoms in total. The second-order valence-corrected chi connectivity index (χ2v) is 6.95. The summed E-state index contributed by atoms with van der Waals surface area (Å²) >= 11 is 0. The van der Waals surface area contributed by atoms with Crippen LogP contribution in [-0.2, 0) is 4.79 Å². The topological polar surface area (TPSA) is 99.1 Å². The summed E-state index contributed by atoms with van der Waals surface area (Å²) in [6.07, 6.45) is 3.82. The number of carboxylic acid groups (broad SMARTS) is 1. The lowest BCUT2D eigenvalue weighted by Crippen LogP contribution is -2.55. The summed E-state index contributed by atoms with van der Waals surface area (Å²) in [5.74, 6) is -0.107. The van der Waals surface area contributed by atoms with Crippen molar-refractivity contribution in [3.05, 3.63) is 23.8 Å². The van der Waals surface area contributed by atoms with Crippen LogP contribution >= 0.6 is 0 Å². The zero-order chi connectivity index (χ0) is 18.0. The van der Waals surface area contributed by atoms with Crippen molar-refractivity contribution < 1.29 is 24.5 Å². The Balaban J connectivity index is 1.53. The molecule has 1 aromatic rings. The van der Waals surface area contributed by atoms with Crippen molar-refractivity contribution in [3.63, 3.8) is 0 Å². The van der Waals surface area contributed by atoms with E-state index in [4.69, 9.17) is 9.84 Å². The lowest BCUT2D eigenvalue weighted by molar-refractivity contribution is -0.139. The first-order valence-corrected chi connectivity index (χ1v) is 8.60. The molecule has 0 aliphatic heterocycles. The number of phenolic OH excluding ortho intramolecular Hbond substituents is 1. The number of hydrogen-bond donors (Lipinski definition) is 3. The number of nitrogens with one attached hydrogen (secondary N) is 1. The number of carbonyl (C=O) groups excluding carboxylic acids is 1. The van der Waals surface area contributed by atoms with E-state index in [0.29, 0.717) is 11.7 Å². The van der Waals surface area contributed by atoms with Gasteiger partial charge in [-0.05, 0) is 49.8 Å². The number of benzene rings is 1. The van der Waals surface area contributed by atoms with Gasteiger partial charge >= 0.3 is 5.97 Å². The van der Waals surface area contributed by atoms with Crippen LogP contribution in [0.2, 0.25) is 0 Å². The Hall–Kier alpha value is -2.28. The molecular weight excluding hydrogens is 324 g/mol. The molecule has 2 aliphatic rings. The molecule has 25 heavy (non-hydrogen) atoms. The highest BCUT2D eigenvalue weighted by molar-refractivity contribution is 5.97. The number of hydrogen-bond acceptors (Lipinski definition) is 5. The molecular formula is C18H24N2O5. The van der Waals surface area contributed by atoms with Crippen molar-refractivity contribution in [2.45, 2.75) is 37.8 Å². The van der Waals surface area contributed by atoms with Crippen molar-refractivity contribution in [1.82, 2.24) is 10.2 Å². The predicted molar refractivity (Wildman–Crippen MR) is 90.9 cm³/mol. The van der Waals surface area contributed by atoms with Crippen molar-refractivity contribution in [2.24, 2.45) is 5.92 Å². The fourth-order valence-corrected chi connectivity index (χ4v) is 3.24. The summed E-state index contributed by atoms with van der Waals surface area (Å²) < 4.78 is 5.08. The molecule has 136 valence electrons. The minimum absolute atomic E-state index is 0.00130. The number of phenols is 1. The van der Waals surface area contributed by atoms with Crippen LogP contribution < -0.4 is 10.1 Å². The van der Waals surface area contributed by atoms with E-state index in [1.807, 2.05) is 4.90 Å². The fourth-order valence-electron chi connectivity index (χ4n) is 3.24. The average molecular weight is 348 g/mol. The number of carbonyl (C=O) groups is 2. The van der Waals surface area contributed by atoms with Crippen molar-refractivity contribution in [3.8, 4) is 11.5 Å². The molecule has 2 aliphatic carbocycles. The van der Waals surface area contributed by atoms with E-state index < -0.39 is 5.97 Å². The second kappa shape index (κ2) is 7.31. The maximum absolute atomic E-state index is 12.3. The number of ether oxygens (including phenoxy) is 1. The van der Waals surface area contributed by atoms with Gasteiger partial charge in [-0.15, -0.1) is 0 Å². The quantitative estimate of drug-likeness (QED) is 0.658. The molecule has 0 saturated heterocycles. The van der Waals surface area contributed by atoms with Gasteiger partial charge in [-0.3, -0.25) is 14.5 Å². The second-order valence-electron chi connectivity index (χ2n) is 6.95. The van der Waals surface area contributed by atoms with Crippen LogP contribution in [0.5, 0.6) is 11.5 Å². The number of amides is 1. The first-order valence-electron chi connectivity index (χ1n) is 8.60. The van der Waals surface area contributed by atoms with E-state index in [9.17, 15) is 14.7 Å². The van der Waals surface area contributed by atoms with Gasteiger partial charge in [0.1, 0.15) is 11.5 Å². The Kier molecular flexibility index (Phi) is 5.13. The predicted octanol–water partition coefficient (Wildman–Crippen LogP) is 1.46. The van der Waals surface area contributed by atoms with Gasteiger partial charge in [-0.2, -0.15) is 0 Å². The highest BCUT2D eigenvalue weighted by Crippen LogP contribution is 2.34. The number of rotatable bonds is 8. The van der Waals surface area contributed by atoms with Crippen LogP contribution in [0.1, 0.15) is 36.0 Å². The molecule has 3 rings (SSSR count). The fraction of sp³-hybridized carbons (Fsp3) is 0.556. The molecule has 0 unspecified atom stereocenters. The first-order chi connectivity index (χ1) is 12.0. The normalized spacial score (nSPS) is 22.3. The number of methoxy groups -OCH3 is 1. The third-order valence-electron chi connectivity index (χ3n) is 4.94. The molecule has 1 amide bonds. The summed E-state index contributed by atoms with van der Waals surface area (Å²) in [6, 6.07) is 4.72. The SMILES string of the molecule is COc1ccc(O)c(C(=O)NC2CC(N(CC(=O)O)CC3CC3)C2)c1. The van der Waals surface area contributed by atoms with Crippen LogP contribution in [0, 0.1) is 5.92 Å². The van der Waals surface area contributed by atoms with Gasteiger partial charge in [0.05, 0.1) is 19.2 Å². The molecule has 0 heterocycles. The van der Waals surface area contributed by atoms with E-state index in [1.54, 1.807) is 6.07 Å². The molecule has 3 N–H and O–H groups in total. The Morgan fingerprint density at radius 3 is 2.64 bits per heavy atom. The lowest BCUT2D eigenvalue weighted by Gasteiger charge is -2.42. The Bertz CT molecular complexity index is 653. The number of aromatic hydroxyl groups is 1. The van der Waals surface area contributed by atoms with Gasteiger partial charge in [0.15, 0.2) is 0 Å². The monoisotopic (exact) mass is 348 g/mol. The average Bonchev–Trinajstić information content (AvgIpc) is 3.33. The zero-order valence-electron chi connectivity index (χ0n) is 14.3. The molecule has 0 radical (unpaired) electrons. The maximum atomic E-state index is 12.3. The highest BCUT2D eigenvalue weighted by atomic mass is 16.5. The molecule has 0 bridgehead atoms. The minimum Gasteiger partial charge on any atom is -0.507 e. The van der Waals surface area contributed by atoms with Gasteiger partial charge in [0.2, 0.25) is 0 Å². The first kappa shape index (κ1) is 17.5. The van der Waals surface area contributed by atoms with Crippen LogP contribution in [0.4, 0.5) is 0 Å². The van der Waals surface area contributed by atoms with E-state index in [0.717, 1.165) is 19.4 Å². The number of aliphatic carboxylic acids is 1. The van der Waals surface area contributed by atoms with E-state index in [-0.39, 0.29) is 35.8 Å². The number of carboxylic acids is 1. The lowest BCUT2D eigenvalue weighted by atomic mass is 9.85. The molecule has 2 saturated carbocycles. The van der Waals surface area contributed by atoms with Crippen molar-refractivity contribution in [1.29, 1.82) is 0 Å². The standard InChI is InChI=1S/C18H24N2O5/c1-25-14-4-5-16(21)15(8-14)18(24)19-12-6-13(7-12)20(10-17(22)23)9-11-2-3-11/h4-5,8,11-13,21H,2-3,6-7,9-10H2,1H3,(H,19,24)(H,22,23). The van der Waals surface area contributed by atoms with Crippen LogP contribution in [0.15, 0.2) is 18.2 Å². The van der Waals surface area contributed by atoms with Gasteiger partial charge in [-0.1, -0.05) is 0 Å². The largest absolute Gasteiger partial charge is 0.507 e. The molecule has 7 heteroatoms. The summed E-state index contributed by atoms with van der Waals surface area (Å²) in [5, 5.41) is 21.8. The number of nitrogens with zero attached hydrogens (tertiary/aromatic N) is 1. The summed E-state index contributed by atoms with van der Waals surface area (Å²) in [4.78, 5) is 25.4. The minimum atomic E-state index is -0.811. The van der Waals surface area contributed by atoms with Gasteiger partial charge < -0.3 is 20.3 Å². The van der Waals surface area contributed by atoms with Crippen LogP contribution in [0.25, 0.3) is 0 Å². The molecule has 0 atom stereocenters.